The SMILES string of the molecule is Cc1cc(C)nc(NCc2ccnn2C)c1. The first kappa shape index (κ1) is 10.7. The molecule has 0 aliphatic heterocycles. The average molecular weight is 216 g/mol. The molecule has 1 N–H and O–H groups in total. The Labute approximate surface area is 95.3 Å². The lowest BCUT2D eigenvalue weighted by Crippen LogP contribution is -2.07. The van der Waals surface area contributed by atoms with Crippen LogP contribution in [0.4, 0.5) is 5.82 Å². The number of anilines is 1. The predicted octanol–water partition coefficient (Wildman–Crippen LogP) is 2.04. The number of aryl methyl sites for hydroxylation is 3. The fraction of sp³-hybridized carbons (Fsp3) is 0.333. The maximum Gasteiger partial charge on any atom is 0.126 e. The standard InChI is InChI=1S/C12H16N4/c1-9-6-10(2)15-12(7-9)13-8-11-4-5-14-16(11)3/h4-7H,8H2,1-3H3,(H,13,15). The molecule has 0 saturated heterocycles. The van der Waals surface area contributed by atoms with Crippen LogP contribution in [0.2, 0.25) is 0 Å². The van der Waals surface area contributed by atoms with Crippen LogP contribution in [0.3, 0.4) is 0 Å². The number of hydrogen-bond acceptors (Lipinski definition) is 3. The van der Waals surface area contributed by atoms with Crippen LogP contribution < -0.4 is 5.32 Å². The first-order chi connectivity index (χ1) is 7.65. The summed E-state index contributed by atoms with van der Waals surface area (Å²) in [4.78, 5) is 4.42. The topological polar surface area (TPSA) is 42.7 Å². The zero-order valence-electron chi connectivity index (χ0n) is 9.86. The minimum atomic E-state index is 0.742. The van der Waals surface area contributed by atoms with Gasteiger partial charge in [-0.2, -0.15) is 5.10 Å². The second-order valence-electron chi connectivity index (χ2n) is 3.97. The summed E-state index contributed by atoms with van der Waals surface area (Å²) < 4.78 is 1.86. The average Bonchev–Trinajstić information content (AvgIpc) is 2.59. The molecule has 0 aliphatic carbocycles. The van der Waals surface area contributed by atoms with Crippen molar-refractivity contribution in [2.24, 2.45) is 7.05 Å². The van der Waals surface area contributed by atoms with E-state index in [1.807, 2.05) is 30.8 Å². The molecule has 0 fully saturated rings. The van der Waals surface area contributed by atoms with Crippen molar-refractivity contribution in [3.05, 3.63) is 41.3 Å². The van der Waals surface area contributed by atoms with E-state index >= 15 is 0 Å². The fourth-order valence-electron chi connectivity index (χ4n) is 1.69. The van der Waals surface area contributed by atoms with Crippen LogP contribution in [0.15, 0.2) is 24.4 Å². The molecule has 0 bridgehead atoms. The molecule has 2 aromatic rings. The minimum Gasteiger partial charge on any atom is -0.364 e. The van der Waals surface area contributed by atoms with Crippen molar-refractivity contribution in [2.75, 3.05) is 5.32 Å². The first-order valence-electron chi connectivity index (χ1n) is 5.31. The Morgan fingerprint density at radius 2 is 2.12 bits per heavy atom. The molecule has 2 heterocycles. The summed E-state index contributed by atoms with van der Waals surface area (Å²) in [6, 6.07) is 6.11. The maximum absolute atomic E-state index is 4.42. The highest BCUT2D eigenvalue weighted by Crippen LogP contribution is 2.10. The number of aromatic nitrogens is 3. The number of hydrogen-bond donors (Lipinski definition) is 1. The van der Waals surface area contributed by atoms with Crippen molar-refractivity contribution in [1.82, 2.24) is 14.8 Å². The molecular formula is C12H16N4. The molecule has 2 rings (SSSR count). The molecule has 2 aromatic heterocycles. The van der Waals surface area contributed by atoms with Crippen LogP contribution in [0.25, 0.3) is 0 Å². The predicted molar refractivity (Wildman–Crippen MR) is 64.2 cm³/mol. The van der Waals surface area contributed by atoms with E-state index in [2.05, 4.69) is 28.4 Å². The summed E-state index contributed by atoms with van der Waals surface area (Å²) in [7, 11) is 1.94. The van der Waals surface area contributed by atoms with Gasteiger partial charge in [-0.15, -0.1) is 0 Å². The zero-order valence-corrected chi connectivity index (χ0v) is 9.86. The first-order valence-corrected chi connectivity index (χ1v) is 5.31. The van der Waals surface area contributed by atoms with Gasteiger partial charge in [0.15, 0.2) is 0 Å². The van der Waals surface area contributed by atoms with Crippen molar-refractivity contribution in [3.63, 3.8) is 0 Å². The van der Waals surface area contributed by atoms with E-state index in [4.69, 9.17) is 0 Å². The van der Waals surface area contributed by atoms with E-state index in [0.29, 0.717) is 0 Å². The van der Waals surface area contributed by atoms with Crippen LogP contribution in [-0.2, 0) is 13.6 Å². The third kappa shape index (κ3) is 2.39. The lowest BCUT2D eigenvalue weighted by Gasteiger charge is -2.07. The molecule has 84 valence electrons. The Balaban J connectivity index is 2.07. The van der Waals surface area contributed by atoms with Crippen LogP contribution in [0.5, 0.6) is 0 Å². The van der Waals surface area contributed by atoms with Gasteiger partial charge >= 0.3 is 0 Å². The van der Waals surface area contributed by atoms with Crippen LogP contribution in [0, 0.1) is 13.8 Å². The van der Waals surface area contributed by atoms with E-state index in [0.717, 1.165) is 23.8 Å². The van der Waals surface area contributed by atoms with Gasteiger partial charge in [0.05, 0.1) is 12.2 Å². The van der Waals surface area contributed by atoms with E-state index in [-0.39, 0.29) is 0 Å². The molecular weight excluding hydrogens is 200 g/mol. The van der Waals surface area contributed by atoms with Gasteiger partial charge in [0.1, 0.15) is 5.82 Å². The van der Waals surface area contributed by atoms with Gasteiger partial charge in [0, 0.05) is 18.9 Å². The van der Waals surface area contributed by atoms with Gasteiger partial charge < -0.3 is 5.32 Å². The molecule has 16 heavy (non-hydrogen) atoms. The molecule has 4 nitrogen and oxygen atoms in total. The van der Waals surface area contributed by atoms with Crippen molar-refractivity contribution >= 4 is 5.82 Å². The number of nitrogens with one attached hydrogen (secondary N) is 1. The Hall–Kier alpha value is -1.84. The normalized spacial score (nSPS) is 10.4. The lowest BCUT2D eigenvalue weighted by atomic mass is 10.2. The zero-order chi connectivity index (χ0) is 11.5. The second-order valence-corrected chi connectivity index (χ2v) is 3.97. The smallest absolute Gasteiger partial charge is 0.126 e. The molecule has 0 amide bonds. The fourth-order valence-corrected chi connectivity index (χ4v) is 1.69. The highest BCUT2D eigenvalue weighted by atomic mass is 15.3. The van der Waals surface area contributed by atoms with Gasteiger partial charge in [0.2, 0.25) is 0 Å². The monoisotopic (exact) mass is 216 g/mol. The summed E-state index contributed by atoms with van der Waals surface area (Å²) in [6.45, 7) is 4.82. The lowest BCUT2D eigenvalue weighted by molar-refractivity contribution is 0.720. The van der Waals surface area contributed by atoms with Crippen LogP contribution >= 0.6 is 0 Å². The molecule has 0 spiro atoms. The van der Waals surface area contributed by atoms with Gasteiger partial charge in [-0.1, -0.05) is 0 Å². The second kappa shape index (κ2) is 4.35. The summed E-state index contributed by atoms with van der Waals surface area (Å²) in [5, 5.41) is 7.42. The van der Waals surface area contributed by atoms with Gasteiger partial charge in [-0.3, -0.25) is 4.68 Å². The molecule has 0 aromatic carbocycles. The van der Waals surface area contributed by atoms with E-state index < -0.39 is 0 Å². The Kier molecular flexibility index (Phi) is 2.90. The number of pyridine rings is 1. The third-order valence-electron chi connectivity index (χ3n) is 2.47. The highest BCUT2D eigenvalue weighted by molar-refractivity contribution is 5.39. The molecule has 4 heteroatoms. The number of rotatable bonds is 3. The Morgan fingerprint density at radius 1 is 1.31 bits per heavy atom. The Bertz CT molecular complexity index is 467. The van der Waals surface area contributed by atoms with Gasteiger partial charge in [-0.25, -0.2) is 4.98 Å². The molecule has 0 atom stereocenters. The third-order valence-corrected chi connectivity index (χ3v) is 2.47. The van der Waals surface area contributed by atoms with E-state index in [1.165, 1.54) is 5.56 Å². The highest BCUT2D eigenvalue weighted by Gasteiger charge is 2.00. The molecule has 0 saturated carbocycles. The van der Waals surface area contributed by atoms with Crippen molar-refractivity contribution in [2.45, 2.75) is 20.4 Å². The Morgan fingerprint density at radius 3 is 2.75 bits per heavy atom. The van der Waals surface area contributed by atoms with E-state index in [9.17, 15) is 0 Å². The van der Waals surface area contributed by atoms with Crippen molar-refractivity contribution in [1.29, 1.82) is 0 Å². The maximum atomic E-state index is 4.42. The van der Waals surface area contributed by atoms with Crippen molar-refractivity contribution < 1.29 is 0 Å². The van der Waals surface area contributed by atoms with Crippen LogP contribution in [-0.4, -0.2) is 14.8 Å². The van der Waals surface area contributed by atoms with Crippen molar-refractivity contribution in [3.8, 4) is 0 Å². The number of nitrogens with zero attached hydrogens (tertiary/aromatic N) is 3. The van der Waals surface area contributed by atoms with E-state index in [1.54, 1.807) is 6.20 Å². The summed E-state index contributed by atoms with van der Waals surface area (Å²) in [5.41, 5.74) is 3.40. The van der Waals surface area contributed by atoms with Gasteiger partial charge in [0.25, 0.3) is 0 Å². The van der Waals surface area contributed by atoms with Gasteiger partial charge in [-0.05, 0) is 37.6 Å². The summed E-state index contributed by atoms with van der Waals surface area (Å²) in [5.74, 6) is 0.915. The molecule has 0 unspecified atom stereocenters. The summed E-state index contributed by atoms with van der Waals surface area (Å²) in [6.07, 6.45) is 1.80. The quantitative estimate of drug-likeness (QED) is 0.853. The van der Waals surface area contributed by atoms with Crippen LogP contribution in [0.1, 0.15) is 17.0 Å². The minimum absolute atomic E-state index is 0.742. The molecule has 0 aliphatic rings. The largest absolute Gasteiger partial charge is 0.364 e. The summed E-state index contributed by atoms with van der Waals surface area (Å²) >= 11 is 0. The molecule has 0 radical (unpaired) electrons.